The number of nitrogens with zero attached hydrogens (tertiary/aromatic N) is 1. The lowest BCUT2D eigenvalue weighted by Gasteiger charge is -2.10. The molecule has 0 atom stereocenters. The zero-order valence-corrected chi connectivity index (χ0v) is 13.6. The van der Waals surface area contributed by atoms with E-state index in [2.05, 4.69) is 51.5 Å². The summed E-state index contributed by atoms with van der Waals surface area (Å²) in [4.78, 5) is 1.39. The molecule has 0 aliphatic heterocycles. The highest BCUT2D eigenvalue weighted by atomic mass is 79.9. The maximum Gasteiger partial charge on any atom is 0.0875 e. The highest BCUT2D eigenvalue weighted by Gasteiger charge is 2.20. The molecule has 1 nitrogen and oxygen atoms in total. The summed E-state index contributed by atoms with van der Waals surface area (Å²) >= 11 is 5.15. The van der Waals surface area contributed by atoms with Crippen LogP contribution in [0.15, 0.2) is 28.7 Å². The molecular formula is C16H18BrNS. The number of aryl methyl sites for hydroxylation is 1. The van der Waals surface area contributed by atoms with Gasteiger partial charge in [0.2, 0.25) is 0 Å². The average Bonchev–Trinajstić information content (AvgIpc) is 3.03. The molecule has 0 N–H and O–H groups in total. The van der Waals surface area contributed by atoms with Crippen LogP contribution in [0.25, 0.3) is 11.3 Å². The molecule has 3 heteroatoms. The number of hydrogen-bond donors (Lipinski definition) is 0. The van der Waals surface area contributed by atoms with Crippen LogP contribution < -0.4 is 0 Å². The Kier molecular flexibility index (Phi) is 4.04. The van der Waals surface area contributed by atoms with Crippen molar-refractivity contribution in [3.05, 3.63) is 39.2 Å². The third kappa shape index (κ3) is 2.92. The quantitative estimate of drug-likeness (QED) is 0.709. The van der Waals surface area contributed by atoms with E-state index in [0.717, 1.165) is 10.4 Å². The Morgan fingerprint density at radius 3 is 2.58 bits per heavy atom. The van der Waals surface area contributed by atoms with Crippen molar-refractivity contribution in [3.8, 4) is 11.3 Å². The first kappa shape index (κ1) is 13.3. The van der Waals surface area contributed by atoms with Gasteiger partial charge in [0.1, 0.15) is 0 Å². The lowest BCUT2D eigenvalue weighted by atomic mass is 9.95. The fourth-order valence-electron chi connectivity index (χ4n) is 2.97. The van der Waals surface area contributed by atoms with E-state index in [0.29, 0.717) is 0 Å². The van der Waals surface area contributed by atoms with E-state index >= 15 is 0 Å². The molecule has 1 fully saturated rings. The van der Waals surface area contributed by atoms with Crippen molar-refractivity contribution in [2.45, 2.75) is 39.0 Å². The van der Waals surface area contributed by atoms with E-state index in [-0.39, 0.29) is 0 Å². The molecule has 19 heavy (non-hydrogen) atoms. The zero-order chi connectivity index (χ0) is 13.2. The first-order valence-corrected chi connectivity index (χ1v) is 8.52. The molecule has 0 amide bonds. The van der Waals surface area contributed by atoms with Crippen LogP contribution in [0.4, 0.5) is 0 Å². The second-order valence-electron chi connectivity index (χ2n) is 5.43. The summed E-state index contributed by atoms with van der Waals surface area (Å²) < 4.78 is 5.81. The molecule has 1 heterocycles. The first-order valence-electron chi connectivity index (χ1n) is 6.95. The number of aromatic nitrogens is 1. The monoisotopic (exact) mass is 335 g/mol. The van der Waals surface area contributed by atoms with Crippen molar-refractivity contribution in [2.75, 3.05) is 0 Å². The predicted molar refractivity (Wildman–Crippen MR) is 85.6 cm³/mol. The second kappa shape index (κ2) is 5.76. The molecule has 0 radical (unpaired) electrons. The fraction of sp³-hybridized carbons (Fsp3) is 0.438. The Balaban J connectivity index is 1.91. The van der Waals surface area contributed by atoms with E-state index in [1.165, 1.54) is 53.8 Å². The molecule has 1 aliphatic rings. The van der Waals surface area contributed by atoms with Crippen molar-refractivity contribution in [1.82, 2.24) is 4.37 Å². The van der Waals surface area contributed by atoms with Gasteiger partial charge in [0.25, 0.3) is 0 Å². The molecule has 1 aliphatic carbocycles. The summed E-state index contributed by atoms with van der Waals surface area (Å²) in [6, 6.07) is 8.53. The summed E-state index contributed by atoms with van der Waals surface area (Å²) in [6.07, 6.45) is 6.83. The Labute approximate surface area is 127 Å². The van der Waals surface area contributed by atoms with Gasteiger partial charge in [0.15, 0.2) is 0 Å². The molecule has 100 valence electrons. The Morgan fingerprint density at radius 2 is 1.89 bits per heavy atom. The van der Waals surface area contributed by atoms with Crippen LogP contribution in [-0.4, -0.2) is 4.37 Å². The van der Waals surface area contributed by atoms with Crippen LogP contribution in [0.5, 0.6) is 0 Å². The highest BCUT2D eigenvalue weighted by molar-refractivity contribution is 9.10. The van der Waals surface area contributed by atoms with Gasteiger partial charge in [-0.15, -0.1) is 0 Å². The molecule has 1 saturated carbocycles. The van der Waals surface area contributed by atoms with Gasteiger partial charge in [-0.25, -0.2) is 0 Å². The van der Waals surface area contributed by atoms with Crippen LogP contribution in [-0.2, 0) is 6.42 Å². The summed E-state index contributed by atoms with van der Waals surface area (Å²) in [5.74, 6) is 0.879. The van der Waals surface area contributed by atoms with Gasteiger partial charge in [-0.3, -0.25) is 0 Å². The van der Waals surface area contributed by atoms with Gasteiger partial charge in [-0.2, -0.15) is 4.37 Å². The van der Waals surface area contributed by atoms with Crippen LogP contribution >= 0.6 is 27.5 Å². The molecular weight excluding hydrogens is 318 g/mol. The smallest absolute Gasteiger partial charge is 0.0875 e. The second-order valence-corrected chi connectivity index (χ2v) is 7.32. The Morgan fingerprint density at radius 1 is 1.21 bits per heavy atom. The van der Waals surface area contributed by atoms with Gasteiger partial charge in [0, 0.05) is 14.9 Å². The standard InChI is InChI=1S/C16H18BrNS/c1-11-15(10-12-4-2-3-5-12)16(18-19-11)13-6-8-14(17)9-7-13/h6-9,12H,2-5,10H2,1H3. The molecule has 0 bridgehead atoms. The van der Waals surface area contributed by atoms with Crippen LogP contribution in [0.1, 0.15) is 36.1 Å². The van der Waals surface area contributed by atoms with E-state index in [1.807, 2.05) is 0 Å². The maximum atomic E-state index is 4.68. The summed E-state index contributed by atoms with van der Waals surface area (Å²) in [5.41, 5.74) is 3.95. The molecule has 0 spiro atoms. The van der Waals surface area contributed by atoms with E-state index in [1.54, 1.807) is 11.5 Å². The van der Waals surface area contributed by atoms with E-state index < -0.39 is 0 Å². The minimum atomic E-state index is 0.879. The van der Waals surface area contributed by atoms with Crippen LogP contribution in [0, 0.1) is 12.8 Å². The van der Waals surface area contributed by atoms with Gasteiger partial charge in [-0.05, 0) is 48.5 Å². The van der Waals surface area contributed by atoms with Crippen molar-refractivity contribution >= 4 is 27.5 Å². The summed E-state index contributed by atoms with van der Waals surface area (Å²) in [6.45, 7) is 2.21. The first-order chi connectivity index (χ1) is 9.24. The number of halogens is 1. The van der Waals surface area contributed by atoms with Crippen molar-refractivity contribution in [1.29, 1.82) is 0 Å². The predicted octanol–water partition coefficient (Wildman–Crippen LogP) is 5.61. The Hall–Kier alpha value is -0.670. The van der Waals surface area contributed by atoms with Crippen molar-refractivity contribution in [3.63, 3.8) is 0 Å². The lowest BCUT2D eigenvalue weighted by Crippen LogP contribution is -2.00. The molecule has 3 rings (SSSR count). The normalized spacial score (nSPS) is 16.1. The van der Waals surface area contributed by atoms with Crippen LogP contribution in [0.2, 0.25) is 0 Å². The zero-order valence-electron chi connectivity index (χ0n) is 11.2. The number of benzene rings is 1. The maximum absolute atomic E-state index is 4.68. The molecule has 0 saturated heterocycles. The molecule has 2 aromatic rings. The van der Waals surface area contributed by atoms with Crippen molar-refractivity contribution in [2.24, 2.45) is 5.92 Å². The lowest BCUT2D eigenvalue weighted by molar-refractivity contribution is 0.546. The number of rotatable bonds is 3. The topological polar surface area (TPSA) is 12.9 Å². The molecule has 1 aromatic heterocycles. The van der Waals surface area contributed by atoms with Gasteiger partial charge in [0.05, 0.1) is 5.69 Å². The Bertz CT molecular complexity index is 553. The third-order valence-electron chi connectivity index (χ3n) is 4.07. The average molecular weight is 336 g/mol. The van der Waals surface area contributed by atoms with Crippen molar-refractivity contribution < 1.29 is 0 Å². The summed E-state index contributed by atoms with van der Waals surface area (Å²) in [7, 11) is 0. The van der Waals surface area contributed by atoms with Gasteiger partial charge in [-0.1, -0.05) is 53.7 Å². The highest BCUT2D eigenvalue weighted by Crippen LogP contribution is 2.35. The minimum absolute atomic E-state index is 0.879. The minimum Gasteiger partial charge on any atom is -0.192 e. The van der Waals surface area contributed by atoms with E-state index in [9.17, 15) is 0 Å². The summed E-state index contributed by atoms with van der Waals surface area (Å²) in [5, 5.41) is 0. The van der Waals surface area contributed by atoms with Gasteiger partial charge >= 0.3 is 0 Å². The van der Waals surface area contributed by atoms with E-state index in [4.69, 9.17) is 0 Å². The third-order valence-corrected chi connectivity index (χ3v) is 5.39. The molecule has 0 unspecified atom stereocenters. The van der Waals surface area contributed by atoms with Crippen LogP contribution in [0.3, 0.4) is 0 Å². The SMILES string of the molecule is Cc1snc(-c2ccc(Br)cc2)c1CC1CCCC1. The fourth-order valence-corrected chi connectivity index (χ4v) is 3.97. The number of hydrogen-bond acceptors (Lipinski definition) is 2. The molecule has 1 aromatic carbocycles. The van der Waals surface area contributed by atoms with Gasteiger partial charge < -0.3 is 0 Å². The largest absolute Gasteiger partial charge is 0.192 e.